The van der Waals surface area contributed by atoms with Crippen molar-refractivity contribution in [3.8, 4) is 0 Å². The van der Waals surface area contributed by atoms with E-state index in [9.17, 15) is 0 Å². The molecule has 0 aliphatic rings. The lowest BCUT2D eigenvalue weighted by molar-refractivity contribution is 0.207. The van der Waals surface area contributed by atoms with Gasteiger partial charge in [0, 0.05) is 19.6 Å². The predicted octanol–water partition coefficient (Wildman–Crippen LogP) is 7.87. The van der Waals surface area contributed by atoms with Gasteiger partial charge in [-0.3, -0.25) is 5.43 Å². The minimum atomic E-state index is 1.11. The average Bonchev–Trinajstić information content (AvgIpc) is 2.66. The number of hydrazine groups is 1. The zero-order valence-corrected chi connectivity index (χ0v) is 18.8. The minimum absolute atomic E-state index is 1.11. The van der Waals surface area contributed by atoms with E-state index in [1.165, 1.54) is 116 Å². The number of hydrogen-bond acceptors (Lipinski definition) is 2. The molecule has 0 aliphatic heterocycles. The van der Waals surface area contributed by atoms with Gasteiger partial charge >= 0.3 is 0 Å². The highest BCUT2D eigenvalue weighted by molar-refractivity contribution is 4.51. The molecular formula is C24H52N2. The summed E-state index contributed by atoms with van der Waals surface area (Å²) in [7, 11) is 0. The molecule has 158 valence electrons. The van der Waals surface area contributed by atoms with Gasteiger partial charge in [-0.2, -0.15) is 0 Å². The predicted molar refractivity (Wildman–Crippen MR) is 120 cm³/mol. The van der Waals surface area contributed by atoms with Crippen LogP contribution in [0.2, 0.25) is 0 Å². The van der Waals surface area contributed by atoms with Gasteiger partial charge in [-0.05, 0) is 6.42 Å². The van der Waals surface area contributed by atoms with Gasteiger partial charge in [-0.15, -0.1) is 0 Å². The van der Waals surface area contributed by atoms with Crippen molar-refractivity contribution in [2.24, 2.45) is 0 Å². The first-order valence-electron chi connectivity index (χ1n) is 12.3. The molecule has 1 N–H and O–H groups in total. The van der Waals surface area contributed by atoms with Gasteiger partial charge < -0.3 is 0 Å². The summed E-state index contributed by atoms with van der Waals surface area (Å²) < 4.78 is 0. The molecule has 0 saturated heterocycles. The van der Waals surface area contributed by atoms with Crippen LogP contribution >= 0.6 is 0 Å². The fourth-order valence-corrected chi connectivity index (χ4v) is 3.71. The van der Waals surface area contributed by atoms with Crippen LogP contribution in [0.5, 0.6) is 0 Å². The van der Waals surface area contributed by atoms with Gasteiger partial charge in [0.1, 0.15) is 0 Å². The van der Waals surface area contributed by atoms with Crippen LogP contribution in [0.3, 0.4) is 0 Å². The van der Waals surface area contributed by atoms with Gasteiger partial charge in [0.25, 0.3) is 0 Å². The van der Waals surface area contributed by atoms with Crippen molar-refractivity contribution in [1.82, 2.24) is 10.4 Å². The quantitative estimate of drug-likeness (QED) is 0.154. The largest absolute Gasteiger partial charge is 0.255 e. The maximum absolute atomic E-state index is 3.51. The number of nitrogens with one attached hydrogen (secondary N) is 1. The third-order valence-electron chi connectivity index (χ3n) is 5.63. The molecule has 0 bridgehead atoms. The van der Waals surface area contributed by atoms with Crippen molar-refractivity contribution in [3.63, 3.8) is 0 Å². The molecule has 0 unspecified atom stereocenters. The van der Waals surface area contributed by atoms with Crippen molar-refractivity contribution in [3.05, 3.63) is 0 Å². The van der Waals surface area contributed by atoms with Crippen molar-refractivity contribution in [2.45, 2.75) is 136 Å². The van der Waals surface area contributed by atoms with Crippen molar-refractivity contribution >= 4 is 0 Å². The van der Waals surface area contributed by atoms with Gasteiger partial charge in [0.2, 0.25) is 0 Å². The summed E-state index contributed by atoms with van der Waals surface area (Å²) in [6.45, 7) is 10.1. The van der Waals surface area contributed by atoms with Crippen LogP contribution in [-0.4, -0.2) is 24.6 Å². The zero-order chi connectivity index (χ0) is 19.1. The van der Waals surface area contributed by atoms with E-state index in [-0.39, 0.29) is 0 Å². The first-order chi connectivity index (χ1) is 12.8. The minimum Gasteiger partial charge on any atom is -0.255 e. The molecular weight excluding hydrogens is 316 g/mol. The summed E-state index contributed by atoms with van der Waals surface area (Å²) in [5, 5.41) is 2.30. The molecule has 0 aromatic rings. The van der Waals surface area contributed by atoms with E-state index < -0.39 is 0 Å². The molecule has 2 heteroatoms. The first kappa shape index (κ1) is 25.9. The van der Waals surface area contributed by atoms with Crippen LogP contribution in [-0.2, 0) is 0 Å². The second kappa shape index (κ2) is 23.0. The van der Waals surface area contributed by atoms with E-state index in [1.54, 1.807) is 0 Å². The van der Waals surface area contributed by atoms with Gasteiger partial charge in [0.05, 0.1) is 0 Å². The molecule has 0 aliphatic carbocycles. The Morgan fingerprint density at radius 2 is 0.731 bits per heavy atom. The monoisotopic (exact) mass is 368 g/mol. The number of unbranched alkanes of at least 4 members (excludes halogenated alkanes) is 17. The fourth-order valence-electron chi connectivity index (χ4n) is 3.71. The van der Waals surface area contributed by atoms with E-state index in [1.807, 2.05) is 0 Å². The van der Waals surface area contributed by atoms with Crippen molar-refractivity contribution in [2.75, 3.05) is 19.6 Å². The molecule has 0 radical (unpaired) electrons. The van der Waals surface area contributed by atoms with Crippen LogP contribution < -0.4 is 5.43 Å². The molecule has 0 fully saturated rings. The third-order valence-corrected chi connectivity index (χ3v) is 5.63. The van der Waals surface area contributed by atoms with E-state index in [0.29, 0.717) is 0 Å². The van der Waals surface area contributed by atoms with Crippen LogP contribution in [0.15, 0.2) is 0 Å². The van der Waals surface area contributed by atoms with Crippen LogP contribution in [0.1, 0.15) is 136 Å². The highest BCUT2D eigenvalue weighted by Gasteiger charge is 1.97. The molecule has 26 heavy (non-hydrogen) atoms. The van der Waals surface area contributed by atoms with E-state index in [4.69, 9.17) is 0 Å². The molecule has 0 aromatic carbocycles. The fraction of sp³-hybridized carbons (Fsp3) is 1.00. The number of hydrogen-bond donors (Lipinski definition) is 1. The SMILES string of the molecule is CCCCCCCCCCCCCCCCCCCCNN(CC)CC. The lowest BCUT2D eigenvalue weighted by Gasteiger charge is -2.19. The molecule has 2 nitrogen and oxygen atoms in total. The Hall–Kier alpha value is -0.0800. The van der Waals surface area contributed by atoms with E-state index in [2.05, 4.69) is 31.2 Å². The lowest BCUT2D eigenvalue weighted by atomic mass is 10.0. The Kier molecular flexibility index (Phi) is 22.9. The molecule has 0 spiro atoms. The summed E-state index contributed by atoms with van der Waals surface area (Å²) in [5.74, 6) is 0. The maximum Gasteiger partial charge on any atom is 0.0102 e. The maximum atomic E-state index is 3.51. The summed E-state index contributed by atoms with van der Waals surface area (Å²) in [6, 6.07) is 0. The van der Waals surface area contributed by atoms with Crippen LogP contribution in [0.25, 0.3) is 0 Å². The summed E-state index contributed by atoms with van der Waals surface area (Å²) >= 11 is 0. The highest BCUT2D eigenvalue weighted by Crippen LogP contribution is 2.14. The second-order valence-electron chi connectivity index (χ2n) is 8.09. The zero-order valence-electron chi connectivity index (χ0n) is 18.8. The standard InChI is InChI=1S/C24H52N2/c1-4-7-8-9-10-11-12-13-14-15-16-17-18-19-20-21-22-23-24-25-26(5-2)6-3/h25H,4-24H2,1-3H3. The van der Waals surface area contributed by atoms with Crippen molar-refractivity contribution < 1.29 is 0 Å². The Morgan fingerprint density at radius 1 is 0.423 bits per heavy atom. The molecule has 0 heterocycles. The van der Waals surface area contributed by atoms with Crippen LogP contribution in [0, 0.1) is 0 Å². The lowest BCUT2D eigenvalue weighted by Crippen LogP contribution is -2.38. The molecule has 0 aromatic heterocycles. The highest BCUT2D eigenvalue weighted by atomic mass is 15.5. The summed E-state index contributed by atoms with van der Waals surface area (Å²) in [4.78, 5) is 0. The molecule has 0 atom stereocenters. The topological polar surface area (TPSA) is 15.3 Å². The third kappa shape index (κ3) is 20.2. The van der Waals surface area contributed by atoms with Crippen LogP contribution in [0.4, 0.5) is 0 Å². The molecule has 0 rings (SSSR count). The second-order valence-corrected chi connectivity index (χ2v) is 8.09. The smallest absolute Gasteiger partial charge is 0.0102 e. The van der Waals surface area contributed by atoms with E-state index >= 15 is 0 Å². The van der Waals surface area contributed by atoms with Gasteiger partial charge in [0.15, 0.2) is 0 Å². The van der Waals surface area contributed by atoms with Crippen molar-refractivity contribution in [1.29, 1.82) is 0 Å². The summed E-state index contributed by atoms with van der Waals surface area (Å²) in [6.07, 6.45) is 26.1. The average molecular weight is 369 g/mol. The number of rotatable bonds is 22. The van der Waals surface area contributed by atoms with Gasteiger partial charge in [-0.1, -0.05) is 130 Å². The Morgan fingerprint density at radius 3 is 1.04 bits per heavy atom. The van der Waals surface area contributed by atoms with Gasteiger partial charge in [-0.25, -0.2) is 5.01 Å². The Labute approximate surface area is 166 Å². The molecule has 0 amide bonds. The Bertz CT molecular complexity index is 238. The molecule has 0 saturated carbocycles. The Balaban J connectivity index is 3.03. The summed E-state index contributed by atoms with van der Waals surface area (Å²) in [5.41, 5.74) is 3.51. The number of nitrogens with zero attached hydrogens (tertiary/aromatic N) is 1. The first-order valence-corrected chi connectivity index (χ1v) is 12.3. The normalized spacial score (nSPS) is 11.5. The van der Waals surface area contributed by atoms with E-state index in [0.717, 1.165) is 19.6 Å².